The number of hydrogen-bond acceptors (Lipinski definition) is 3. The molecule has 1 atom stereocenters. The van der Waals surface area contributed by atoms with Crippen molar-refractivity contribution in [2.75, 3.05) is 0 Å². The Hall–Kier alpha value is -3.33. The van der Waals surface area contributed by atoms with E-state index in [1.54, 1.807) is 12.1 Å². The molecule has 162 valence electrons. The lowest BCUT2D eigenvalue weighted by Gasteiger charge is -2.20. The summed E-state index contributed by atoms with van der Waals surface area (Å²) in [4.78, 5) is 12.0. The third-order valence-electron chi connectivity index (χ3n) is 5.03. The number of esters is 1. The van der Waals surface area contributed by atoms with Crippen LogP contribution in [0.15, 0.2) is 85.0 Å². The van der Waals surface area contributed by atoms with E-state index in [2.05, 4.69) is 39.5 Å². The van der Waals surface area contributed by atoms with E-state index in [9.17, 15) is 9.90 Å². The number of allylic oxidation sites excluding steroid dienone is 4. The molecule has 3 heteroatoms. The summed E-state index contributed by atoms with van der Waals surface area (Å²) in [7, 11) is 0. The number of benzene rings is 2. The molecule has 0 fully saturated rings. The first kappa shape index (κ1) is 23.9. The van der Waals surface area contributed by atoms with E-state index >= 15 is 0 Å². The van der Waals surface area contributed by atoms with Crippen molar-refractivity contribution in [3.8, 4) is 5.75 Å². The van der Waals surface area contributed by atoms with Crippen LogP contribution in [0.3, 0.4) is 0 Å². The lowest BCUT2D eigenvalue weighted by Crippen LogP contribution is -2.08. The van der Waals surface area contributed by atoms with E-state index in [-0.39, 0.29) is 17.8 Å². The number of rotatable bonds is 10. The van der Waals surface area contributed by atoms with Crippen LogP contribution in [0.1, 0.15) is 50.3 Å². The van der Waals surface area contributed by atoms with E-state index in [4.69, 9.17) is 4.74 Å². The predicted octanol–water partition coefficient (Wildman–Crippen LogP) is 7.10. The fraction of sp³-hybridized carbons (Fsp3) is 0.250. The second kappa shape index (κ2) is 11.8. The topological polar surface area (TPSA) is 46.5 Å². The molecule has 0 unspecified atom stereocenters. The van der Waals surface area contributed by atoms with Gasteiger partial charge in [-0.2, -0.15) is 0 Å². The zero-order chi connectivity index (χ0) is 22.7. The Morgan fingerprint density at radius 3 is 2.55 bits per heavy atom. The Morgan fingerprint density at radius 1 is 1.13 bits per heavy atom. The second-order valence-corrected chi connectivity index (χ2v) is 8.11. The first-order chi connectivity index (χ1) is 14.8. The number of carbonyl (C=O) groups excluding carboxylic acids is 1. The zero-order valence-electron chi connectivity index (χ0n) is 18.7. The van der Waals surface area contributed by atoms with Gasteiger partial charge in [0.1, 0.15) is 12.4 Å². The lowest BCUT2D eigenvalue weighted by molar-refractivity contribution is -0.138. The van der Waals surface area contributed by atoms with E-state index < -0.39 is 5.97 Å². The van der Waals surface area contributed by atoms with Crippen molar-refractivity contribution >= 4 is 18.1 Å². The van der Waals surface area contributed by atoms with Crippen LogP contribution in [-0.4, -0.2) is 11.1 Å². The molecule has 0 bridgehead atoms. The van der Waals surface area contributed by atoms with Gasteiger partial charge in [0.2, 0.25) is 0 Å². The Bertz CT molecular complexity index is 963. The summed E-state index contributed by atoms with van der Waals surface area (Å²) in [6, 6.07) is 14.8. The van der Waals surface area contributed by atoms with Gasteiger partial charge in [0.15, 0.2) is 0 Å². The molecule has 2 aromatic carbocycles. The summed E-state index contributed by atoms with van der Waals surface area (Å²) in [5.74, 6) is -0.345. The SMILES string of the molecule is C=C[C@@](C)(/C=C/c1ccc(O)c(/C=C/C(=O)OCc2ccccc2)c1)CCC=C(C)C. The third kappa shape index (κ3) is 8.51. The van der Waals surface area contributed by atoms with Crippen molar-refractivity contribution in [2.24, 2.45) is 5.41 Å². The van der Waals surface area contributed by atoms with Crippen LogP contribution in [0.5, 0.6) is 5.75 Å². The Kier molecular flexibility index (Phi) is 9.08. The molecule has 0 saturated carbocycles. The quantitative estimate of drug-likeness (QED) is 0.255. The minimum atomic E-state index is -0.456. The van der Waals surface area contributed by atoms with Crippen LogP contribution in [0.25, 0.3) is 12.2 Å². The van der Waals surface area contributed by atoms with Crippen molar-refractivity contribution in [1.82, 2.24) is 0 Å². The maximum absolute atomic E-state index is 12.0. The van der Waals surface area contributed by atoms with E-state index in [1.807, 2.05) is 54.6 Å². The van der Waals surface area contributed by atoms with E-state index in [0.717, 1.165) is 24.0 Å². The summed E-state index contributed by atoms with van der Waals surface area (Å²) >= 11 is 0. The van der Waals surface area contributed by atoms with Gasteiger partial charge in [0.05, 0.1) is 0 Å². The highest BCUT2D eigenvalue weighted by molar-refractivity contribution is 5.87. The normalized spacial score (nSPS) is 13.1. The summed E-state index contributed by atoms with van der Waals surface area (Å²) in [5.41, 5.74) is 3.61. The molecule has 0 spiro atoms. The first-order valence-electron chi connectivity index (χ1n) is 10.5. The van der Waals surface area contributed by atoms with Crippen LogP contribution < -0.4 is 0 Å². The van der Waals surface area contributed by atoms with Gasteiger partial charge in [-0.25, -0.2) is 4.79 Å². The molecule has 0 saturated heterocycles. The lowest BCUT2D eigenvalue weighted by atomic mass is 9.84. The van der Waals surface area contributed by atoms with Gasteiger partial charge in [-0.05, 0) is 56.0 Å². The molecule has 1 N–H and O–H groups in total. The standard InChI is InChI=1S/C28H32O3/c1-5-28(4,18-9-10-22(2)3)19-17-23-13-15-26(29)25(20-23)14-16-27(30)31-21-24-11-7-6-8-12-24/h5-8,10-17,19-20,29H,1,9,18,21H2,2-4H3/b16-14+,19-17+/t28-/m1/s1. The number of phenols is 1. The van der Waals surface area contributed by atoms with Gasteiger partial charge in [0, 0.05) is 17.1 Å². The number of aromatic hydroxyl groups is 1. The molecular formula is C28H32O3. The summed E-state index contributed by atoms with van der Waals surface area (Å²) in [6.07, 6.45) is 13.2. The van der Waals surface area contributed by atoms with Crippen LogP contribution in [0, 0.1) is 5.41 Å². The minimum Gasteiger partial charge on any atom is -0.507 e. The molecular weight excluding hydrogens is 384 g/mol. The molecule has 2 aromatic rings. The van der Waals surface area contributed by atoms with Gasteiger partial charge in [-0.3, -0.25) is 0 Å². The highest BCUT2D eigenvalue weighted by atomic mass is 16.5. The summed E-state index contributed by atoms with van der Waals surface area (Å²) < 4.78 is 5.24. The summed E-state index contributed by atoms with van der Waals surface area (Å²) in [5, 5.41) is 10.1. The molecule has 31 heavy (non-hydrogen) atoms. The van der Waals surface area contributed by atoms with E-state index in [1.165, 1.54) is 11.6 Å². The second-order valence-electron chi connectivity index (χ2n) is 8.11. The average molecular weight is 417 g/mol. The van der Waals surface area contributed by atoms with Crippen LogP contribution in [0.4, 0.5) is 0 Å². The predicted molar refractivity (Wildman–Crippen MR) is 129 cm³/mol. The van der Waals surface area contributed by atoms with Gasteiger partial charge in [-0.1, -0.05) is 73.2 Å². The average Bonchev–Trinajstić information content (AvgIpc) is 2.76. The smallest absolute Gasteiger partial charge is 0.331 e. The van der Waals surface area contributed by atoms with Gasteiger partial charge >= 0.3 is 5.97 Å². The zero-order valence-corrected chi connectivity index (χ0v) is 18.7. The molecule has 0 radical (unpaired) electrons. The summed E-state index contributed by atoms with van der Waals surface area (Å²) in [6.45, 7) is 10.6. The molecule has 0 aliphatic carbocycles. The van der Waals surface area contributed by atoms with E-state index in [0.29, 0.717) is 5.56 Å². The fourth-order valence-electron chi connectivity index (χ4n) is 2.96. The molecule has 2 rings (SSSR count). The highest BCUT2D eigenvalue weighted by Crippen LogP contribution is 2.29. The van der Waals surface area contributed by atoms with Gasteiger partial charge in [-0.15, -0.1) is 6.58 Å². The van der Waals surface area contributed by atoms with Crippen molar-refractivity contribution < 1.29 is 14.6 Å². The molecule has 0 aliphatic heterocycles. The molecule has 0 aromatic heterocycles. The number of hydrogen-bond donors (Lipinski definition) is 1. The van der Waals surface area contributed by atoms with Crippen molar-refractivity contribution in [1.29, 1.82) is 0 Å². The number of ether oxygens (including phenoxy) is 1. The molecule has 0 amide bonds. The van der Waals surface area contributed by atoms with Crippen LogP contribution in [-0.2, 0) is 16.1 Å². The number of carbonyl (C=O) groups is 1. The Morgan fingerprint density at radius 2 is 1.87 bits per heavy atom. The maximum Gasteiger partial charge on any atom is 0.331 e. The molecule has 3 nitrogen and oxygen atoms in total. The monoisotopic (exact) mass is 416 g/mol. The highest BCUT2D eigenvalue weighted by Gasteiger charge is 2.15. The molecule has 0 aliphatic rings. The van der Waals surface area contributed by atoms with Crippen molar-refractivity contribution in [3.05, 3.63) is 102 Å². The van der Waals surface area contributed by atoms with Gasteiger partial charge in [0.25, 0.3) is 0 Å². The van der Waals surface area contributed by atoms with Crippen molar-refractivity contribution in [3.63, 3.8) is 0 Å². The van der Waals surface area contributed by atoms with Gasteiger partial charge < -0.3 is 9.84 Å². The maximum atomic E-state index is 12.0. The number of phenolic OH excluding ortho intramolecular Hbond substituents is 1. The third-order valence-corrected chi connectivity index (χ3v) is 5.03. The van der Waals surface area contributed by atoms with Crippen LogP contribution in [0.2, 0.25) is 0 Å². The molecule has 0 heterocycles. The minimum absolute atomic E-state index is 0.110. The first-order valence-corrected chi connectivity index (χ1v) is 10.5. The fourth-order valence-corrected chi connectivity index (χ4v) is 2.96. The Labute approximate surface area is 186 Å². The largest absolute Gasteiger partial charge is 0.507 e. The van der Waals surface area contributed by atoms with Crippen LogP contribution >= 0.6 is 0 Å². The Balaban J connectivity index is 2.04. The van der Waals surface area contributed by atoms with Crippen molar-refractivity contribution in [2.45, 2.75) is 40.2 Å².